The molecule has 1 aromatic carbocycles. The van der Waals surface area contributed by atoms with Crippen molar-refractivity contribution in [2.45, 2.75) is 13.3 Å². The lowest BCUT2D eigenvalue weighted by atomic mass is 10.2. The van der Waals surface area contributed by atoms with E-state index in [9.17, 15) is 8.42 Å². The summed E-state index contributed by atoms with van der Waals surface area (Å²) in [7, 11) is -3.12. The molecule has 90 valence electrons. The van der Waals surface area contributed by atoms with Gasteiger partial charge in [-0.05, 0) is 24.1 Å². The van der Waals surface area contributed by atoms with E-state index in [4.69, 9.17) is 4.74 Å². The standard InChI is InChI=1S/C11H17NO3S/c1-3-10-5-4-6-11(9-10)15-8-7-12-16(2,13)14/h4-6,9,12H,3,7-8H2,1-2H3. The minimum Gasteiger partial charge on any atom is -0.492 e. The average molecular weight is 243 g/mol. The van der Waals surface area contributed by atoms with Crippen LogP contribution in [0.2, 0.25) is 0 Å². The van der Waals surface area contributed by atoms with E-state index in [1.54, 1.807) is 0 Å². The summed E-state index contributed by atoms with van der Waals surface area (Å²) >= 11 is 0. The van der Waals surface area contributed by atoms with Crippen LogP contribution in [0.3, 0.4) is 0 Å². The summed E-state index contributed by atoms with van der Waals surface area (Å²) in [5, 5.41) is 0. The molecule has 0 aliphatic heterocycles. The Bertz CT molecular complexity index is 429. The molecule has 0 amide bonds. The monoisotopic (exact) mass is 243 g/mol. The molecule has 0 unspecified atom stereocenters. The third-order valence-corrected chi connectivity index (χ3v) is 2.77. The lowest BCUT2D eigenvalue weighted by molar-refractivity contribution is 0.322. The molecule has 0 radical (unpaired) electrons. The first-order valence-electron chi connectivity index (χ1n) is 5.17. The normalized spacial score (nSPS) is 11.4. The molecule has 1 N–H and O–H groups in total. The van der Waals surface area contributed by atoms with Gasteiger partial charge in [0.1, 0.15) is 12.4 Å². The van der Waals surface area contributed by atoms with E-state index >= 15 is 0 Å². The highest BCUT2D eigenvalue weighted by molar-refractivity contribution is 7.88. The lowest BCUT2D eigenvalue weighted by Gasteiger charge is -2.07. The summed E-state index contributed by atoms with van der Waals surface area (Å²) in [6.45, 7) is 2.69. The fourth-order valence-electron chi connectivity index (χ4n) is 1.25. The van der Waals surface area contributed by atoms with E-state index in [1.165, 1.54) is 5.56 Å². The summed E-state index contributed by atoms with van der Waals surface area (Å²) in [6.07, 6.45) is 2.09. The van der Waals surface area contributed by atoms with Crippen molar-refractivity contribution in [3.05, 3.63) is 29.8 Å². The Kier molecular flexibility index (Phi) is 4.76. The molecule has 0 heterocycles. The van der Waals surface area contributed by atoms with Crippen molar-refractivity contribution in [2.24, 2.45) is 0 Å². The number of nitrogens with one attached hydrogen (secondary N) is 1. The summed E-state index contributed by atoms with van der Waals surface area (Å²) in [4.78, 5) is 0. The molecular formula is C11H17NO3S. The predicted octanol–water partition coefficient (Wildman–Crippen LogP) is 1.18. The van der Waals surface area contributed by atoms with Crippen LogP contribution in [0.4, 0.5) is 0 Å². The van der Waals surface area contributed by atoms with Gasteiger partial charge in [-0.3, -0.25) is 0 Å². The maximum absolute atomic E-state index is 10.8. The van der Waals surface area contributed by atoms with Crippen molar-refractivity contribution in [3.63, 3.8) is 0 Å². The van der Waals surface area contributed by atoms with Crippen molar-refractivity contribution in [3.8, 4) is 5.75 Å². The molecule has 1 rings (SSSR count). The van der Waals surface area contributed by atoms with Gasteiger partial charge in [-0.15, -0.1) is 0 Å². The van der Waals surface area contributed by atoms with Gasteiger partial charge in [0.15, 0.2) is 0 Å². The zero-order valence-corrected chi connectivity index (χ0v) is 10.4. The summed E-state index contributed by atoms with van der Waals surface area (Å²) < 4.78 is 29.3. The fourth-order valence-corrected chi connectivity index (χ4v) is 1.71. The van der Waals surface area contributed by atoms with Crippen LogP contribution in [0.1, 0.15) is 12.5 Å². The van der Waals surface area contributed by atoms with E-state index in [2.05, 4.69) is 11.6 Å². The molecule has 1 aromatic rings. The van der Waals surface area contributed by atoms with Gasteiger partial charge in [0.25, 0.3) is 0 Å². The van der Waals surface area contributed by atoms with E-state index in [0.717, 1.165) is 18.4 Å². The zero-order chi connectivity index (χ0) is 12.0. The van der Waals surface area contributed by atoms with E-state index in [-0.39, 0.29) is 6.54 Å². The highest BCUT2D eigenvalue weighted by Gasteiger charge is 2.00. The maximum atomic E-state index is 10.8. The highest BCUT2D eigenvalue weighted by Crippen LogP contribution is 2.13. The molecule has 0 aromatic heterocycles. The second-order valence-corrected chi connectivity index (χ2v) is 5.35. The largest absolute Gasteiger partial charge is 0.492 e. The number of benzene rings is 1. The molecule has 0 atom stereocenters. The minimum absolute atomic E-state index is 0.287. The predicted molar refractivity (Wildman–Crippen MR) is 64.2 cm³/mol. The first kappa shape index (κ1) is 13.0. The second kappa shape index (κ2) is 5.86. The molecule has 0 fully saturated rings. The molecule has 0 saturated carbocycles. The van der Waals surface area contributed by atoms with Gasteiger partial charge in [0.05, 0.1) is 6.26 Å². The Hall–Kier alpha value is -1.07. The smallest absolute Gasteiger partial charge is 0.208 e. The van der Waals surface area contributed by atoms with E-state index in [0.29, 0.717) is 6.61 Å². The number of sulfonamides is 1. The van der Waals surface area contributed by atoms with Gasteiger partial charge in [-0.2, -0.15) is 0 Å². The number of ether oxygens (including phenoxy) is 1. The van der Waals surface area contributed by atoms with Crippen LogP contribution >= 0.6 is 0 Å². The molecule has 5 heteroatoms. The molecule has 16 heavy (non-hydrogen) atoms. The Labute approximate surface area is 96.7 Å². The molecule has 4 nitrogen and oxygen atoms in total. The Morgan fingerprint density at radius 2 is 2.12 bits per heavy atom. The van der Waals surface area contributed by atoms with Gasteiger partial charge in [0, 0.05) is 6.54 Å². The van der Waals surface area contributed by atoms with Crippen LogP contribution in [0.5, 0.6) is 5.75 Å². The SMILES string of the molecule is CCc1cccc(OCCNS(C)(=O)=O)c1. The van der Waals surface area contributed by atoms with Crippen molar-refractivity contribution >= 4 is 10.0 Å². The topological polar surface area (TPSA) is 55.4 Å². The van der Waals surface area contributed by atoms with E-state index < -0.39 is 10.0 Å². The van der Waals surface area contributed by atoms with Gasteiger partial charge >= 0.3 is 0 Å². The Morgan fingerprint density at radius 3 is 2.75 bits per heavy atom. The zero-order valence-electron chi connectivity index (χ0n) is 9.56. The molecule has 0 bridgehead atoms. The molecule has 0 saturated heterocycles. The molecular weight excluding hydrogens is 226 g/mol. The first-order valence-corrected chi connectivity index (χ1v) is 7.07. The number of rotatable bonds is 6. The van der Waals surface area contributed by atoms with E-state index in [1.807, 2.05) is 24.3 Å². The van der Waals surface area contributed by atoms with Crippen LogP contribution in [-0.4, -0.2) is 27.8 Å². The number of hydrogen-bond donors (Lipinski definition) is 1. The van der Waals surface area contributed by atoms with Gasteiger partial charge in [-0.1, -0.05) is 19.1 Å². The second-order valence-electron chi connectivity index (χ2n) is 3.52. The van der Waals surface area contributed by atoms with Gasteiger partial charge in [-0.25, -0.2) is 13.1 Å². The van der Waals surface area contributed by atoms with Crippen molar-refractivity contribution in [2.75, 3.05) is 19.4 Å². The highest BCUT2D eigenvalue weighted by atomic mass is 32.2. The molecule has 0 aliphatic carbocycles. The third-order valence-electron chi connectivity index (χ3n) is 2.04. The van der Waals surface area contributed by atoms with Crippen molar-refractivity contribution in [1.82, 2.24) is 4.72 Å². The van der Waals surface area contributed by atoms with Crippen LogP contribution in [0, 0.1) is 0 Å². The number of hydrogen-bond acceptors (Lipinski definition) is 3. The van der Waals surface area contributed by atoms with Crippen LogP contribution in [0.15, 0.2) is 24.3 Å². The van der Waals surface area contributed by atoms with Crippen LogP contribution in [-0.2, 0) is 16.4 Å². The summed E-state index contributed by atoms with van der Waals surface area (Å²) in [5.74, 6) is 0.773. The van der Waals surface area contributed by atoms with Crippen molar-refractivity contribution in [1.29, 1.82) is 0 Å². The van der Waals surface area contributed by atoms with Crippen LogP contribution < -0.4 is 9.46 Å². The van der Waals surface area contributed by atoms with Crippen LogP contribution in [0.25, 0.3) is 0 Å². The minimum atomic E-state index is -3.12. The summed E-state index contributed by atoms with van der Waals surface area (Å²) in [6, 6.07) is 7.78. The average Bonchev–Trinajstić information content (AvgIpc) is 2.23. The maximum Gasteiger partial charge on any atom is 0.208 e. The third kappa shape index (κ3) is 5.14. The molecule has 0 aliphatic rings. The lowest BCUT2D eigenvalue weighted by Crippen LogP contribution is -2.26. The summed E-state index contributed by atoms with van der Waals surface area (Å²) in [5.41, 5.74) is 1.20. The van der Waals surface area contributed by atoms with Crippen molar-refractivity contribution < 1.29 is 13.2 Å². The fraction of sp³-hybridized carbons (Fsp3) is 0.455. The molecule has 0 spiro atoms. The van der Waals surface area contributed by atoms with Gasteiger partial charge in [0.2, 0.25) is 10.0 Å². The number of aryl methyl sites for hydroxylation is 1. The first-order chi connectivity index (χ1) is 7.51. The quantitative estimate of drug-likeness (QED) is 0.763. The van der Waals surface area contributed by atoms with Gasteiger partial charge < -0.3 is 4.74 Å². The Balaban J connectivity index is 2.37. The Morgan fingerprint density at radius 1 is 1.38 bits per heavy atom.